The molecule has 0 heterocycles. The monoisotopic (exact) mass is 173 g/mol. The number of nitrogens with two attached hydrogens (primary N) is 1. The summed E-state index contributed by atoms with van der Waals surface area (Å²) in [6.45, 7) is 9.16. The Kier molecular flexibility index (Phi) is 2.91. The topological polar surface area (TPSA) is 63.3 Å². The number of aliphatic carboxylic acids is 1. The van der Waals surface area contributed by atoms with Gasteiger partial charge in [0.1, 0.15) is 0 Å². The van der Waals surface area contributed by atoms with Crippen LogP contribution in [0.25, 0.3) is 0 Å². The molecule has 1 unspecified atom stereocenters. The van der Waals surface area contributed by atoms with Crippen molar-refractivity contribution in [1.29, 1.82) is 0 Å². The summed E-state index contributed by atoms with van der Waals surface area (Å²) in [6.07, 6.45) is 0. The molecular formula is C9H19NO2. The number of rotatable bonds is 2. The third-order valence-electron chi connectivity index (χ3n) is 2.26. The molecule has 0 radical (unpaired) electrons. The first-order chi connectivity index (χ1) is 5.10. The van der Waals surface area contributed by atoms with Crippen LogP contribution in [-0.2, 0) is 4.79 Å². The van der Waals surface area contributed by atoms with Crippen molar-refractivity contribution < 1.29 is 9.90 Å². The zero-order chi connectivity index (χ0) is 10.2. The van der Waals surface area contributed by atoms with E-state index in [4.69, 9.17) is 10.8 Å². The SMILES string of the molecule is CC(C)(C)C(N)C(C)(C)C(=O)O. The second-order valence-electron chi connectivity index (χ2n) is 4.87. The maximum absolute atomic E-state index is 10.8. The van der Waals surface area contributed by atoms with Gasteiger partial charge in [-0.1, -0.05) is 20.8 Å². The molecule has 0 saturated carbocycles. The first kappa shape index (κ1) is 11.4. The smallest absolute Gasteiger partial charge is 0.310 e. The van der Waals surface area contributed by atoms with Crippen LogP contribution in [0.2, 0.25) is 0 Å². The Morgan fingerprint density at radius 2 is 1.58 bits per heavy atom. The predicted octanol–water partition coefficient (Wildman–Crippen LogP) is 1.47. The van der Waals surface area contributed by atoms with Gasteiger partial charge in [0, 0.05) is 6.04 Å². The Morgan fingerprint density at radius 1 is 1.25 bits per heavy atom. The average Bonchev–Trinajstić information content (AvgIpc) is 1.83. The Morgan fingerprint density at radius 3 is 1.67 bits per heavy atom. The Hall–Kier alpha value is -0.570. The van der Waals surface area contributed by atoms with Crippen LogP contribution < -0.4 is 5.73 Å². The Balaban J connectivity index is 4.69. The minimum absolute atomic E-state index is 0.179. The molecule has 0 aliphatic heterocycles. The van der Waals surface area contributed by atoms with Gasteiger partial charge in [-0.2, -0.15) is 0 Å². The van der Waals surface area contributed by atoms with Gasteiger partial charge in [-0.3, -0.25) is 4.79 Å². The largest absolute Gasteiger partial charge is 0.481 e. The maximum Gasteiger partial charge on any atom is 0.310 e. The van der Waals surface area contributed by atoms with Crippen molar-refractivity contribution in [2.75, 3.05) is 0 Å². The summed E-state index contributed by atoms with van der Waals surface area (Å²) in [5.41, 5.74) is 4.81. The zero-order valence-corrected chi connectivity index (χ0v) is 8.51. The van der Waals surface area contributed by atoms with Gasteiger partial charge in [0.05, 0.1) is 5.41 Å². The molecular weight excluding hydrogens is 154 g/mol. The van der Waals surface area contributed by atoms with Crippen molar-refractivity contribution >= 4 is 5.97 Å². The normalized spacial score (nSPS) is 15.8. The molecule has 3 nitrogen and oxygen atoms in total. The lowest BCUT2D eigenvalue weighted by Gasteiger charge is -2.37. The molecule has 0 aliphatic rings. The first-order valence-electron chi connectivity index (χ1n) is 4.09. The highest BCUT2D eigenvalue weighted by Crippen LogP contribution is 2.31. The molecule has 3 heteroatoms. The second kappa shape index (κ2) is 3.05. The standard InChI is InChI=1S/C9H19NO2/c1-8(2,3)6(10)9(4,5)7(11)12/h6H,10H2,1-5H3,(H,11,12). The van der Waals surface area contributed by atoms with Crippen LogP contribution in [-0.4, -0.2) is 17.1 Å². The van der Waals surface area contributed by atoms with Crippen LogP contribution in [0.4, 0.5) is 0 Å². The highest BCUT2D eigenvalue weighted by Gasteiger charge is 2.40. The molecule has 0 aromatic rings. The van der Waals surface area contributed by atoms with E-state index in [1.54, 1.807) is 13.8 Å². The zero-order valence-electron chi connectivity index (χ0n) is 8.51. The van der Waals surface area contributed by atoms with E-state index in [0.29, 0.717) is 0 Å². The van der Waals surface area contributed by atoms with E-state index in [2.05, 4.69) is 0 Å². The van der Waals surface area contributed by atoms with E-state index < -0.39 is 11.4 Å². The summed E-state index contributed by atoms with van der Waals surface area (Å²) in [6, 6.07) is -0.345. The Labute approximate surface area is 74.0 Å². The molecule has 0 rings (SSSR count). The molecule has 1 atom stereocenters. The highest BCUT2D eigenvalue weighted by atomic mass is 16.4. The average molecular weight is 173 g/mol. The van der Waals surface area contributed by atoms with Gasteiger partial charge in [-0.25, -0.2) is 0 Å². The number of hydrogen-bond acceptors (Lipinski definition) is 2. The molecule has 0 bridgehead atoms. The van der Waals surface area contributed by atoms with Gasteiger partial charge >= 0.3 is 5.97 Å². The lowest BCUT2D eigenvalue weighted by Crippen LogP contribution is -2.50. The summed E-state index contributed by atoms with van der Waals surface area (Å²) in [4.78, 5) is 10.8. The third kappa shape index (κ3) is 2.21. The van der Waals surface area contributed by atoms with Gasteiger partial charge in [0.15, 0.2) is 0 Å². The first-order valence-corrected chi connectivity index (χ1v) is 4.09. The van der Waals surface area contributed by atoms with E-state index >= 15 is 0 Å². The van der Waals surface area contributed by atoms with Crippen molar-refractivity contribution in [3.8, 4) is 0 Å². The van der Waals surface area contributed by atoms with Gasteiger partial charge in [0.2, 0.25) is 0 Å². The quantitative estimate of drug-likeness (QED) is 0.664. The van der Waals surface area contributed by atoms with E-state index in [1.807, 2.05) is 20.8 Å². The van der Waals surface area contributed by atoms with Crippen molar-refractivity contribution in [1.82, 2.24) is 0 Å². The van der Waals surface area contributed by atoms with E-state index in [1.165, 1.54) is 0 Å². The third-order valence-corrected chi connectivity index (χ3v) is 2.26. The minimum atomic E-state index is -0.863. The van der Waals surface area contributed by atoms with Gasteiger partial charge in [-0.15, -0.1) is 0 Å². The van der Waals surface area contributed by atoms with Crippen LogP contribution in [0.5, 0.6) is 0 Å². The summed E-state index contributed by atoms with van der Waals surface area (Å²) in [5.74, 6) is -0.843. The lowest BCUT2D eigenvalue weighted by molar-refractivity contribution is -0.149. The van der Waals surface area contributed by atoms with Crippen LogP contribution in [0.3, 0.4) is 0 Å². The fraction of sp³-hybridized carbons (Fsp3) is 0.889. The fourth-order valence-electron chi connectivity index (χ4n) is 1.22. The van der Waals surface area contributed by atoms with E-state index in [0.717, 1.165) is 0 Å². The van der Waals surface area contributed by atoms with Crippen LogP contribution in [0.15, 0.2) is 0 Å². The number of carboxylic acid groups (broad SMARTS) is 1. The van der Waals surface area contributed by atoms with Crippen LogP contribution in [0, 0.1) is 10.8 Å². The fourth-order valence-corrected chi connectivity index (χ4v) is 1.22. The van der Waals surface area contributed by atoms with E-state index in [9.17, 15) is 4.79 Å². The molecule has 0 aliphatic carbocycles. The summed E-state index contributed by atoms with van der Waals surface area (Å²) >= 11 is 0. The number of carbonyl (C=O) groups is 1. The van der Waals surface area contributed by atoms with Crippen molar-refractivity contribution in [3.63, 3.8) is 0 Å². The van der Waals surface area contributed by atoms with E-state index in [-0.39, 0.29) is 11.5 Å². The van der Waals surface area contributed by atoms with Crippen molar-refractivity contribution in [3.05, 3.63) is 0 Å². The molecule has 0 amide bonds. The van der Waals surface area contributed by atoms with Crippen molar-refractivity contribution in [2.24, 2.45) is 16.6 Å². The molecule has 3 N–H and O–H groups in total. The Bertz CT molecular complexity index is 179. The summed E-state index contributed by atoms with van der Waals surface area (Å²) in [7, 11) is 0. The molecule has 72 valence electrons. The second-order valence-corrected chi connectivity index (χ2v) is 4.87. The molecule has 0 fully saturated rings. The number of carboxylic acids is 1. The van der Waals surface area contributed by atoms with Gasteiger partial charge in [-0.05, 0) is 19.3 Å². The highest BCUT2D eigenvalue weighted by molar-refractivity contribution is 5.74. The van der Waals surface area contributed by atoms with Gasteiger partial charge < -0.3 is 10.8 Å². The summed E-state index contributed by atoms with van der Waals surface area (Å²) in [5, 5.41) is 8.90. The van der Waals surface area contributed by atoms with Gasteiger partial charge in [0.25, 0.3) is 0 Å². The molecule has 0 aromatic carbocycles. The van der Waals surface area contributed by atoms with Crippen LogP contribution in [0.1, 0.15) is 34.6 Å². The van der Waals surface area contributed by atoms with Crippen LogP contribution >= 0.6 is 0 Å². The maximum atomic E-state index is 10.8. The summed E-state index contributed by atoms with van der Waals surface area (Å²) < 4.78 is 0. The minimum Gasteiger partial charge on any atom is -0.481 e. The molecule has 0 spiro atoms. The molecule has 0 saturated heterocycles. The number of hydrogen-bond donors (Lipinski definition) is 2. The van der Waals surface area contributed by atoms with Crippen molar-refractivity contribution in [2.45, 2.75) is 40.7 Å². The predicted molar refractivity (Wildman–Crippen MR) is 48.8 cm³/mol. The lowest BCUT2D eigenvalue weighted by atomic mass is 9.71. The molecule has 12 heavy (non-hydrogen) atoms. The molecule has 0 aromatic heterocycles.